The van der Waals surface area contributed by atoms with E-state index in [9.17, 15) is 9.59 Å². The van der Waals surface area contributed by atoms with Gasteiger partial charge in [0.25, 0.3) is 0 Å². The van der Waals surface area contributed by atoms with Crippen molar-refractivity contribution in [2.75, 3.05) is 45.9 Å². The Morgan fingerprint density at radius 1 is 1.33 bits per heavy atom. The first kappa shape index (κ1) is 14.5. The lowest BCUT2D eigenvalue weighted by Crippen LogP contribution is -2.42. The van der Waals surface area contributed by atoms with E-state index >= 15 is 0 Å². The highest BCUT2D eigenvalue weighted by atomic mass is 16.5. The van der Waals surface area contributed by atoms with Crippen LogP contribution >= 0.6 is 0 Å². The smallest absolute Gasteiger partial charge is 0.233 e. The highest BCUT2D eigenvalue weighted by Gasteiger charge is 2.16. The van der Waals surface area contributed by atoms with Crippen LogP contribution in [0.2, 0.25) is 0 Å². The summed E-state index contributed by atoms with van der Waals surface area (Å²) in [7, 11) is 0. The number of amides is 2. The van der Waals surface area contributed by atoms with Gasteiger partial charge in [0.05, 0.1) is 26.3 Å². The van der Waals surface area contributed by atoms with Gasteiger partial charge < -0.3 is 15.0 Å². The first-order valence-corrected chi connectivity index (χ1v) is 6.00. The van der Waals surface area contributed by atoms with E-state index in [0.29, 0.717) is 45.8 Å². The van der Waals surface area contributed by atoms with Crippen LogP contribution in [0.25, 0.3) is 0 Å². The molecule has 2 amide bonds. The summed E-state index contributed by atoms with van der Waals surface area (Å²) in [5.41, 5.74) is 0. The Balaban J connectivity index is 2.07. The fraction of sp³-hybridized carbons (Fsp3) is 0.667. The predicted octanol–water partition coefficient (Wildman–Crippen LogP) is -1.43. The van der Waals surface area contributed by atoms with Gasteiger partial charge >= 0.3 is 0 Å². The van der Waals surface area contributed by atoms with Crippen molar-refractivity contribution < 1.29 is 14.3 Å². The van der Waals surface area contributed by atoms with Gasteiger partial charge in [-0.15, -0.1) is 6.42 Å². The summed E-state index contributed by atoms with van der Waals surface area (Å²) in [6, 6.07) is 0. The van der Waals surface area contributed by atoms with Crippen LogP contribution in [0, 0.1) is 12.3 Å². The lowest BCUT2D eigenvalue weighted by Gasteiger charge is -2.26. The minimum absolute atomic E-state index is 0.0511. The van der Waals surface area contributed by atoms with Crippen molar-refractivity contribution in [2.24, 2.45) is 0 Å². The van der Waals surface area contributed by atoms with E-state index in [1.54, 1.807) is 4.90 Å². The number of carbonyl (C=O) groups excluding carboxylic acids is 2. The van der Waals surface area contributed by atoms with Crippen LogP contribution in [0.1, 0.15) is 6.42 Å². The van der Waals surface area contributed by atoms with Crippen molar-refractivity contribution in [2.45, 2.75) is 6.42 Å². The van der Waals surface area contributed by atoms with Crippen LogP contribution in [0.3, 0.4) is 0 Å². The molecule has 1 aliphatic heterocycles. The Morgan fingerprint density at radius 2 is 2.06 bits per heavy atom. The number of carbonyl (C=O) groups is 2. The van der Waals surface area contributed by atoms with Crippen LogP contribution in [0.4, 0.5) is 0 Å². The molecule has 1 rings (SSSR count). The molecule has 2 N–H and O–H groups in total. The molecule has 6 heteroatoms. The Kier molecular flexibility index (Phi) is 6.84. The van der Waals surface area contributed by atoms with Crippen LogP contribution in [-0.2, 0) is 14.3 Å². The second-order valence-corrected chi connectivity index (χ2v) is 3.90. The number of rotatable bonds is 6. The molecule has 100 valence electrons. The number of nitrogens with one attached hydrogen (secondary N) is 2. The third-order valence-corrected chi connectivity index (χ3v) is 2.54. The summed E-state index contributed by atoms with van der Waals surface area (Å²) in [5.74, 6) is 2.27. The van der Waals surface area contributed by atoms with Crippen LogP contribution < -0.4 is 10.6 Å². The molecule has 1 aliphatic rings. The maximum absolute atomic E-state index is 11.7. The first-order chi connectivity index (χ1) is 8.74. The zero-order valence-electron chi connectivity index (χ0n) is 10.4. The van der Waals surface area contributed by atoms with Gasteiger partial charge in [0.1, 0.15) is 0 Å². The first-order valence-electron chi connectivity index (χ1n) is 6.00. The molecule has 0 aliphatic carbocycles. The number of terminal acetylenes is 1. The third-order valence-electron chi connectivity index (χ3n) is 2.54. The van der Waals surface area contributed by atoms with E-state index in [1.165, 1.54) is 0 Å². The number of ether oxygens (including phenoxy) is 1. The topological polar surface area (TPSA) is 70.7 Å². The Morgan fingerprint density at radius 3 is 2.72 bits per heavy atom. The maximum Gasteiger partial charge on any atom is 0.233 e. The summed E-state index contributed by atoms with van der Waals surface area (Å²) in [6.45, 7) is 3.35. The van der Waals surface area contributed by atoms with Crippen molar-refractivity contribution in [3.05, 3.63) is 0 Å². The third kappa shape index (κ3) is 5.66. The van der Waals surface area contributed by atoms with Crippen molar-refractivity contribution in [1.29, 1.82) is 0 Å². The molecular weight excluding hydrogens is 234 g/mol. The lowest BCUT2D eigenvalue weighted by atomic mass is 10.3. The summed E-state index contributed by atoms with van der Waals surface area (Å²) in [6.07, 6.45) is 5.35. The Hall–Kier alpha value is -1.58. The number of hydrogen-bond donors (Lipinski definition) is 2. The zero-order chi connectivity index (χ0) is 13.2. The molecule has 0 aromatic rings. The molecule has 0 saturated carbocycles. The second kappa shape index (κ2) is 8.50. The standard InChI is InChI=1S/C12H19N3O3/c1-2-4-13-10-11(16)14-5-3-12(17)15-6-8-18-9-7-15/h1,13H,3-10H2,(H,14,16). The van der Waals surface area contributed by atoms with E-state index in [1.807, 2.05) is 0 Å². The van der Waals surface area contributed by atoms with Crippen molar-refractivity contribution in [1.82, 2.24) is 15.5 Å². The largest absolute Gasteiger partial charge is 0.378 e. The molecule has 6 nitrogen and oxygen atoms in total. The van der Waals surface area contributed by atoms with Gasteiger partial charge in [-0.25, -0.2) is 0 Å². The van der Waals surface area contributed by atoms with Gasteiger partial charge in [-0.3, -0.25) is 14.9 Å². The maximum atomic E-state index is 11.7. The van der Waals surface area contributed by atoms with Gasteiger partial charge in [-0.05, 0) is 0 Å². The minimum atomic E-state index is -0.153. The molecule has 1 saturated heterocycles. The zero-order valence-corrected chi connectivity index (χ0v) is 10.4. The fourth-order valence-electron chi connectivity index (χ4n) is 1.59. The monoisotopic (exact) mass is 253 g/mol. The summed E-state index contributed by atoms with van der Waals surface area (Å²) >= 11 is 0. The number of nitrogens with zero attached hydrogens (tertiary/aromatic N) is 1. The van der Waals surface area contributed by atoms with E-state index < -0.39 is 0 Å². The van der Waals surface area contributed by atoms with E-state index in [2.05, 4.69) is 16.6 Å². The molecule has 18 heavy (non-hydrogen) atoms. The summed E-state index contributed by atoms with van der Waals surface area (Å²) in [4.78, 5) is 24.8. The molecule has 0 spiro atoms. The molecule has 0 unspecified atom stereocenters. The van der Waals surface area contributed by atoms with Gasteiger partial charge in [-0.2, -0.15) is 0 Å². The van der Waals surface area contributed by atoms with E-state index in [-0.39, 0.29) is 18.4 Å². The molecule has 1 fully saturated rings. The van der Waals surface area contributed by atoms with Crippen LogP contribution in [0.15, 0.2) is 0 Å². The molecular formula is C12H19N3O3. The number of morpholine rings is 1. The summed E-state index contributed by atoms with van der Waals surface area (Å²) in [5, 5.41) is 5.44. The van der Waals surface area contributed by atoms with Crippen molar-refractivity contribution in [3.63, 3.8) is 0 Å². The van der Waals surface area contributed by atoms with Crippen molar-refractivity contribution >= 4 is 11.8 Å². The Bertz CT molecular complexity index is 319. The SMILES string of the molecule is C#CCNCC(=O)NCCC(=O)N1CCOCC1. The molecule has 0 radical (unpaired) electrons. The van der Waals surface area contributed by atoms with Gasteiger partial charge in [-0.1, -0.05) is 5.92 Å². The average molecular weight is 253 g/mol. The van der Waals surface area contributed by atoms with Crippen molar-refractivity contribution in [3.8, 4) is 12.3 Å². The highest BCUT2D eigenvalue weighted by Crippen LogP contribution is 1.99. The molecule has 0 aromatic heterocycles. The van der Waals surface area contributed by atoms with Crippen LogP contribution in [0.5, 0.6) is 0 Å². The predicted molar refractivity (Wildman–Crippen MR) is 66.7 cm³/mol. The fourth-order valence-corrected chi connectivity index (χ4v) is 1.59. The molecule has 0 aromatic carbocycles. The molecule has 0 atom stereocenters. The van der Waals surface area contributed by atoms with E-state index in [0.717, 1.165) is 0 Å². The van der Waals surface area contributed by atoms with Crippen LogP contribution in [-0.4, -0.2) is 62.7 Å². The lowest BCUT2D eigenvalue weighted by molar-refractivity contribution is -0.135. The molecule has 1 heterocycles. The van der Waals surface area contributed by atoms with Gasteiger partial charge in [0.2, 0.25) is 11.8 Å². The Labute approximate surface area is 107 Å². The quantitative estimate of drug-likeness (QED) is 0.450. The normalized spacial score (nSPS) is 14.9. The highest BCUT2D eigenvalue weighted by molar-refractivity contribution is 5.80. The minimum Gasteiger partial charge on any atom is -0.378 e. The van der Waals surface area contributed by atoms with Gasteiger partial charge in [0, 0.05) is 26.1 Å². The summed E-state index contributed by atoms with van der Waals surface area (Å²) < 4.78 is 5.16. The average Bonchev–Trinajstić information content (AvgIpc) is 2.40. The molecule has 0 bridgehead atoms. The number of hydrogen-bond acceptors (Lipinski definition) is 4. The van der Waals surface area contributed by atoms with Gasteiger partial charge in [0.15, 0.2) is 0 Å². The second-order valence-electron chi connectivity index (χ2n) is 3.90. The van der Waals surface area contributed by atoms with E-state index in [4.69, 9.17) is 11.2 Å².